The van der Waals surface area contributed by atoms with Gasteiger partial charge in [0.1, 0.15) is 11.6 Å². The molecule has 6 heteroatoms. The fourth-order valence-electron chi connectivity index (χ4n) is 2.76. The van der Waals surface area contributed by atoms with Crippen LogP contribution in [-0.2, 0) is 10.3 Å². The summed E-state index contributed by atoms with van der Waals surface area (Å²) in [6.45, 7) is 10.5. The molecule has 1 aliphatic rings. The Kier molecular flexibility index (Phi) is 4.13. The van der Waals surface area contributed by atoms with Crippen molar-refractivity contribution in [1.29, 1.82) is 0 Å². The third kappa shape index (κ3) is 3.36. The predicted octanol–water partition coefficient (Wildman–Crippen LogP) is 1.01. The highest BCUT2D eigenvalue weighted by Crippen LogP contribution is 2.29. The molecule has 2 N–H and O–H groups in total. The Hall–Kier alpha value is -1.43. The lowest BCUT2D eigenvalue weighted by molar-refractivity contribution is -0.119. The Morgan fingerprint density at radius 2 is 1.95 bits per heavy atom. The molecule has 1 aromatic rings. The first-order valence-corrected chi connectivity index (χ1v) is 7.22. The first-order valence-electron chi connectivity index (χ1n) is 7.22. The molecule has 0 spiro atoms. The highest BCUT2D eigenvalue weighted by molar-refractivity contribution is 5.75. The van der Waals surface area contributed by atoms with Gasteiger partial charge in [-0.25, -0.2) is 9.67 Å². The minimum atomic E-state index is -0.253. The van der Waals surface area contributed by atoms with Crippen LogP contribution in [0.1, 0.15) is 51.2 Å². The molecule has 2 heterocycles. The minimum absolute atomic E-state index is 0.0546. The lowest BCUT2D eigenvalue weighted by atomic mass is 9.95. The van der Waals surface area contributed by atoms with Crippen molar-refractivity contribution < 1.29 is 4.79 Å². The zero-order valence-electron chi connectivity index (χ0n) is 12.9. The molecular weight excluding hydrogens is 254 g/mol. The molecule has 1 aromatic heterocycles. The van der Waals surface area contributed by atoms with E-state index in [2.05, 4.69) is 40.4 Å². The van der Waals surface area contributed by atoms with E-state index < -0.39 is 0 Å². The Labute approximate surface area is 120 Å². The molecule has 112 valence electrons. The lowest BCUT2D eigenvalue weighted by Crippen LogP contribution is -2.40. The molecule has 1 fully saturated rings. The quantitative estimate of drug-likeness (QED) is 0.895. The van der Waals surface area contributed by atoms with Crippen molar-refractivity contribution in [3.63, 3.8) is 0 Å². The maximum atomic E-state index is 11.0. The first-order chi connectivity index (χ1) is 9.27. The van der Waals surface area contributed by atoms with Gasteiger partial charge in [-0.2, -0.15) is 5.10 Å². The van der Waals surface area contributed by atoms with Gasteiger partial charge in [-0.05, 0) is 53.6 Å². The van der Waals surface area contributed by atoms with Gasteiger partial charge < -0.3 is 5.73 Å². The van der Waals surface area contributed by atoms with Gasteiger partial charge >= 0.3 is 0 Å². The molecule has 1 amide bonds. The van der Waals surface area contributed by atoms with Crippen LogP contribution in [0.5, 0.6) is 0 Å². The molecule has 0 radical (unpaired) electrons. The van der Waals surface area contributed by atoms with Crippen LogP contribution < -0.4 is 5.73 Å². The topological polar surface area (TPSA) is 77.0 Å². The van der Waals surface area contributed by atoms with Crippen LogP contribution in [-0.4, -0.2) is 45.2 Å². The second kappa shape index (κ2) is 5.52. The summed E-state index contributed by atoms with van der Waals surface area (Å²) in [5.41, 5.74) is 5.19. The monoisotopic (exact) mass is 279 g/mol. The number of carbonyl (C=O) groups excluding carboxylic acids is 1. The van der Waals surface area contributed by atoms with Crippen molar-refractivity contribution in [3.8, 4) is 0 Å². The summed E-state index contributed by atoms with van der Waals surface area (Å²) in [4.78, 5) is 17.7. The summed E-state index contributed by atoms with van der Waals surface area (Å²) < 4.78 is 2.05. The molecule has 0 bridgehead atoms. The summed E-state index contributed by atoms with van der Waals surface area (Å²) in [6, 6.07) is 0. The largest absolute Gasteiger partial charge is 0.369 e. The predicted molar refractivity (Wildman–Crippen MR) is 77.4 cm³/mol. The summed E-state index contributed by atoms with van der Waals surface area (Å²) in [6.07, 6.45) is 2.00. The summed E-state index contributed by atoms with van der Waals surface area (Å²) in [5, 5.41) is 4.54. The molecule has 1 saturated heterocycles. The lowest BCUT2D eigenvalue weighted by Gasteiger charge is -2.32. The molecule has 0 aliphatic carbocycles. The fourth-order valence-corrected chi connectivity index (χ4v) is 2.76. The number of amides is 1. The van der Waals surface area contributed by atoms with Crippen molar-refractivity contribution >= 4 is 5.91 Å². The van der Waals surface area contributed by atoms with E-state index >= 15 is 0 Å². The molecule has 0 aromatic carbocycles. The van der Waals surface area contributed by atoms with E-state index in [4.69, 9.17) is 5.73 Å². The number of nitrogens with zero attached hydrogens (tertiary/aromatic N) is 4. The fraction of sp³-hybridized carbons (Fsp3) is 0.786. The van der Waals surface area contributed by atoms with Gasteiger partial charge in [-0.3, -0.25) is 9.69 Å². The molecule has 6 nitrogen and oxygen atoms in total. The van der Waals surface area contributed by atoms with Gasteiger partial charge in [-0.15, -0.1) is 0 Å². The number of hydrogen-bond acceptors (Lipinski definition) is 4. The van der Waals surface area contributed by atoms with Crippen molar-refractivity contribution in [2.45, 2.75) is 52.0 Å². The second-order valence-corrected chi connectivity index (χ2v) is 6.62. The third-order valence-corrected chi connectivity index (χ3v) is 3.71. The number of primary amides is 1. The average Bonchev–Trinajstić information content (AvgIpc) is 2.71. The standard InChI is InChI=1S/C14H25N5O/c1-10-16-13(19(17-10)14(2,3)4)11-5-7-18(8-6-11)9-12(15)20/h11H,5-9H2,1-4H3,(H2,15,20). The first kappa shape index (κ1) is 15.0. The van der Waals surface area contributed by atoms with Crippen molar-refractivity contribution in [3.05, 3.63) is 11.6 Å². The zero-order chi connectivity index (χ0) is 14.9. The van der Waals surface area contributed by atoms with Crippen LogP contribution in [0.3, 0.4) is 0 Å². The van der Waals surface area contributed by atoms with E-state index in [1.807, 2.05) is 6.92 Å². The average molecular weight is 279 g/mol. The van der Waals surface area contributed by atoms with Crippen molar-refractivity contribution in [1.82, 2.24) is 19.7 Å². The van der Waals surface area contributed by atoms with E-state index in [1.165, 1.54) is 0 Å². The van der Waals surface area contributed by atoms with Gasteiger partial charge in [0, 0.05) is 5.92 Å². The minimum Gasteiger partial charge on any atom is -0.369 e. The molecule has 0 atom stereocenters. The Morgan fingerprint density at radius 1 is 1.35 bits per heavy atom. The van der Waals surface area contributed by atoms with Crippen LogP contribution in [0.4, 0.5) is 0 Å². The van der Waals surface area contributed by atoms with Crippen LogP contribution in [0.2, 0.25) is 0 Å². The van der Waals surface area contributed by atoms with Crippen LogP contribution in [0.25, 0.3) is 0 Å². The molecule has 0 saturated carbocycles. The van der Waals surface area contributed by atoms with Crippen molar-refractivity contribution in [2.24, 2.45) is 5.73 Å². The van der Waals surface area contributed by atoms with Crippen LogP contribution in [0, 0.1) is 6.92 Å². The SMILES string of the molecule is Cc1nc(C2CCN(CC(N)=O)CC2)n(C(C)(C)C)n1. The molecule has 1 aliphatic heterocycles. The van der Waals surface area contributed by atoms with E-state index in [9.17, 15) is 4.79 Å². The number of carbonyl (C=O) groups is 1. The Bertz CT molecular complexity index is 480. The van der Waals surface area contributed by atoms with Gasteiger partial charge in [0.2, 0.25) is 5.91 Å². The molecule has 0 unspecified atom stereocenters. The summed E-state index contributed by atoms with van der Waals surface area (Å²) in [7, 11) is 0. The number of nitrogens with two attached hydrogens (primary N) is 1. The maximum absolute atomic E-state index is 11.0. The Morgan fingerprint density at radius 3 is 2.45 bits per heavy atom. The van der Waals surface area contributed by atoms with Gasteiger partial charge in [0.25, 0.3) is 0 Å². The number of rotatable bonds is 3. The highest BCUT2D eigenvalue weighted by Gasteiger charge is 2.29. The highest BCUT2D eigenvalue weighted by atomic mass is 16.1. The number of aryl methyl sites for hydroxylation is 1. The van der Waals surface area contributed by atoms with Crippen LogP contribution >= 0.6 is 0 Å². The summed E-state index contributed by atoms with van der Waals surface area (Å²) >= 11 is 0. The number of hydrogen-bond donors (Lipinski definition) is 1. The molecular formula is C14H25N5O. The molecule has 2 rings (SSSR count). The second-order valence-electron chi connectivity index (χ2n) is 6.62. The number of likely N-dealkylation sites (tertiary alicyclic amines) is 1. The van der Waals surface area contributed by atoms with E-state index in [-0.39, 0.29) is 11.4 Å². The van der Waals surface area contributed by atoms with Gasteiger partial charge in [-0.1, -0.05) is 0 Å². The number of aromatic nitrogens is 3. The molecule has 20 heavy (non-hydrogen) atoms. The Balaban J connectivity index is 2.09. The zero-order valence-corrected chi connectivity index (χ0v) is 12.9. The summed E-state index contributed by atoms with van der Waals surface area (Å²) in [5.74, 6) is 2.07. The van der Waals surface area contributed by atoms with Gasteiger partial charge in [0.05, 0.1) is 12.1 Å². The third-order valence-electron chi connectivity index (χ3n) is 3.71. The number of piperidine rings is 1. The van der Waals surface area contributed by atoms with E-state index in [1.54, 1.807) is 0 Å². The van der Waals surface area contributed by atoms with Crippen molar-refractivity contribution in [2.75, 3.05) is 19.6 Å². The van der Waals surface area contributed by atoms with E-state index in [0.29, 0.717) is 12.5 Å². The van der Waals surface area contributed by atoms with Crippen LogP contribution in [0.15, 0.2) is 0 Å². The maximum Gasteiger partial charge on any atom is 0.231 e. The van der Waals surface area contributed by atoms with Gasteiger partial charge in [0.15, 0.2) is 0 Å². The van der Waals surface area contributed by atoms with E-state index in [0.717, 1.165) is 37.6 Å². The smallest absolute Gasteiger partial charge is 0.231 e. The normalized spacial score (nSPS) is 18.4.